The number of carbonyl (C=O) groups excluding carboxylic acids is 1. The van der Waals surface area contributed by atoms with Crippen molar-refractivity contribution in [2.24, 2.45) is 5.92 Å². The Bertz CT molecular complexity index is 430. The summed E-state index contributed by atoms with van der Waals surface area (Å²) >= 11 is 0. The average Bonchev–Trinajstić information content (AvgIpc) is 2.36. The molecule has 0 radical (unpaired) electrons. The molecule has 1 N–H and O–H groups in total. The van der Waals surface area contributed by atoms with E-state index in [-0.39, 0.29) is 17.8 Å². The molecule has 0 unspecified atom stereocenters. The van der Waals surface area contributed by atoms with Crippen molar-refractivity contribution in [2.45, 2.75) is 12.3 Å². The third-order valence-electron chi connectivity index (χ3n) is 3.30. The van der Waals surface area contributed by atoms with Crippen LogP contribution in [0.4, 0.5) is 8.78 Å². The highest BCUT2D eigenvalue weighted by atomic mass is 19.1. The van der Waals surface area contributed by atoms with Crippen LogP contribution in [0.1, 0.15) is 17.9 Å². The van der Waals surface area contributed by atoms with Crippen molar-refractivity contribution in [1.29, 1.82) is 0 Å². The van der Waals surface area contributed by atoms with E-state index in [2.05, 4.69) is 5.32 Å². The number of esters is 1. The van der Waals surface area contributed by atoms with E-state index in [4.69, 9.17) is 4.74 Å². The van der Waals surface area contributed by atoms with E-state index in [0.29, 0.717) is 25.1 Å². The van der Waals surface area contributed by atoms with Gasteiger partial charge in [-0.05, 0) is 30.7 Å². The molecule has 5 heteroatoms. The Kier molecular flexibility index (Phi) is 3.91. The average molecular weight is 255 g/mol. The minimum Gasteiger partial charge on any atom is -0.469 e. The number of methoxy groups -OCH3 is 1. The van der Waals surface area contributed by atoms with Crippen molar-refractivity contribution in [1.82, 2.24) is 5.32 Å². The van der Waals surface area contributed by atoms with E-state index in [9.17, 15) is 13.6 Å². The minimum absolute atomic E-state index is 0.253. The highest BCUT2D eigenvalue weighted by Crippen LogP contribution is 2.31. The van der Waals surface area contributed by atoms with Gasteiger partial charge in [0.25, 0.3) is 0 Å². The molecule has 98 valence electrons. The van der Waals surface area contributed by atoms with Gasteiger partial charge in [0.15, 0.2) is 0 Å². The SMILES string of the molecule is COC(=O)[C@@H]1CCNC[C@H]1c1cc(F)cc(F)c1. The lowest BCUT2D eigenvalue weighted by Crippen LogP contribution is -2.39. The lowest BCUT2D eigenvalue weighted by atomic mass is 9.81. The van der Waals surface area contributed by atoms with Crippen molar-refractivity contribution in [3.8, 4) is 0 Å². The van der Waals surface area contributed by atoms with Crippen molar-refractivity contribution >= 4 is 5.97 Å². The fourth-order valence-electron chi connectivity index (χ4n) is 2.43. The normalized spacial score (nSPS) is 23.7. The molecule has 1 saturated heterocycles. The second-order valence-corrected chi connectivity index (χ2v) is 4.43. The molecule has 1 fully saturated rings. The largest absolute Gasteiger partial charge is 0.469 e. The predicted octanol–water partition coefficient (Wildman–Crippen LogP) is 1.83. The summed E-state index contributed by atoms with van der Waals surface area (Å²) in [7, 11) is 1.33. The van der Waals surface area contributed by atoms with Crippen molar-refractivity contribution in [3.63, 3.8) is 0 Å². The van der Waals surface area contributed by atoms with Gasteiger partial charge in [-0.1, -0.05) is 0 Å². The first-order valence-electron chi connectivity index (χ1n) is 5.86. The van der Waals surface area contributed by atoms with Gasteiger partial charge in [0.05, 0.1) is 13.0 Å². The Hall–Kier alpha value is -1.49. The Labute approximate surface area is 104 Å². The zero-order chi connectivity index (χ0) is 13.1. The molecule has 1 aromatic carbocycles. The molecule has 1 aliphatic rings. The number of halogens is 2. The molecule has 0 saturated carbocycles. The zero-order valence-electron chi connectivity index (χ0n) is 10.1. The topological polar surface area (TPSA) is 38.3 Å². The molecular weight excluding hydrogens is 240 g/mol. The molecule has 1 aliphatic heterocycles. The van der Waals surface area contributed by atoms with Crippen LogP contribution in [0.3, 0.4) is 0 Å². The van der Waals surface area contributed by atoms with E-state index >= 15 is 0 Å². The minimum atomic E-state index is -0.626. The molecule has 0 amide bonds. The van der Waals surface area contributed by atoms with Crippen LogP contribution in [0.15, 0.2) is 18.2 Å². The maximum atomic E-state index is 13.2. The summed E-state index contributed by atoms with van der Waals surface area (Å²) in [5, 5.41) is 3.13. The molecule has 3 nitrogen and oxygen atoms in total. The number of hydrogen-bond acceptors (Lipinski definition) is 3. The number of piperidine rings is 1. The summed E-state index contributed by atoms with van der Waals surface area (Å²) in [6, 6.07) is 3.38. The Morgan fingerprint density at radius 2 is 2.00 bits per heavy atom. The maximum absolute atomic E-state index is 13.2. The van der Waals surface area contributed by atoms with Gasteiger partial charge in [0.1, 0.15) is 11.6 Å². The van der Waals surface area contributed by atoms with Gasteiger partial charge in [0.2, 0.25) is 0 Å². The summed E-state index contributed by atoms with van der Waals surface area (Å²) in [4.78, 5) is 11.7. The fourth-order valence-corrected chi connectivity index (χ4v) is 2.43. The van der Waals surface area contributed by atoms with Crippen LogP contribution in [0.5, 0.6) is 0 Å². The number of carbonyl (C=O) groups is 1. The first-order valence-corrected chi connectivity index (χ1v) is 5.86. The van der Waals surface area contributed by atoms with Gasteiger partial charge in [0, 0.05) is 18.5 Å². The predicted molar refractivity (Wildman–Crippen MR) is 62.1 cm³/mol. The quantitative estimate of drug-likeness (QED) is 0.819. The molecule has 18 heavy (non-hydrogen) atoms. The second kappa shape index (κ2) is 5.44. The monoisotopic (exact) mass is 255 g/mol. The van der Waals surface area contributed by atoms with Crippen molar-refractivity contribution in [2.75, 3.05) is 20.2 Å². The maximum Gasteiger partial charge on any atom is 0.309 e. The molecule has 0 aliphatic carbocycles. The molecule has 1 heterocycles. The van der Waals surface area contributed by atoms with Crippen LogP contribution in [0, 0.1) is 17.6 Å². The van der Waals surface area contributed by atoms with Crippen LogP contribution in [0.2, 0.25) is 0 Å². The lowest BCUT2D eigenvalue weighted by Gasteiger charge is -2.30. The van der Waals surface area contributed by atoms with Crippen LogP contribution in [-0.2, 0) is 9.53 Å². The lowest BCUT2D eigenvalue weighted by molar-refractivity contribution is -0.147. The van der Waals surface area contributed by atoms with Crippen LogP contribution in [0.25, 0.3) is 0 Å². The summed E-state index contributed by atoms with van der Waals surface area (Å²) in [5.74, 6) is -2.18. The van der Waals surface area contributed by atoms with Gasteiger partial charge in [-0.25, -0.2) is 8.78 Å². The first kappa shape index (κ1) is 13.0. The van der Waals surface area contributed by atoms with E-state index in [0.717, 1.165) is 6.07 Å². The number of hydrogen-bond donors (Lipinski definition) is 1. The highest BCUT2D eigenvalue weighted by molar-refractivity contribution is 5.73. The molecule has 2 rings (SSSR count). The number of rotatable bonds is 2. The molecule has 2 atom stereocenters. The van der Waals surface area contributed by atoms with Gasteiger partial charge >= 0.3 is 5.97 Å². The summed E-state index contributed by atoms with van der Waals surface area (Å²) in [6.07, 6.45) is 0.607. The smallest absolute Gasteiger partial charge is 0.309 e. The van der Waals surface area contributed by atoms with E-state index in [1.807, 2.05) is 0 Å². The van der Waals surface area contributed by atoms with Crippen molar-refractivity contribution < 1.29 is 18.3 Å². The number of nitrogens with one attached hydrogen (secondary N) is 1. The number of benzene rings is 1. The van der Waals surface area contributed by atoms with Gasteiger partial charge in [-0.2, -0.15) is 0 Å². The Morgan fingerprint density at radius 1 is 1.33 bits per heavy atom. The van der Waals surface area contributed by atoms with E-state index in [1.54, 1.807) is 0 Å². The highest BCUT2D eigenvalue weighted by Gasteiger charge is 2.33. The molecule has 1 aromatic rings. The fraction of sp³-hybridized carbons (Fsp3) is 0.462. The van der Waals surface area contributed by atoms with Crippen LogP contribution < -0.4 is 5.32 Å². The van der Waals surface area contributed by atoms with Gasteiger partial charge < -0.3 is 10.1 Å². The molecule has 0 aromatic heterocycles. The summed E-state index contributed by atoms with van der Waals surface area (Å²) in [6.45, 7) is 1.22. The molecule has 0 bridgehead atoms. The second-order valence-electron chi connectivity index (χ2n) is 4.43. The Balaban J connectivity index is 2.30. The third kappa shape index (κ3) is 2.67. The van der Waals surface area contributed by atoms with E-state index < -0.39 is 11.6 Å². The van der Waals surface area contributed by atoms with Gasteiger partial charge in [-0.15, -0.1) is 0 Å². The molecule has 0 spiro atoms. The Morgan fingerprint density at radius 3 is 2.61 bits per heavy atom. The third-order valence-corrected chi connectivity index (χ3v) is 3.30. The van der Waals surface area contributed by atoms with Crippen LogP contribution >= 0.6 is 0 Å². The zero-order valence-corrected chi connectivity index (χ0v) is 10.1. The van der Waals surface area contributed by atoms with Crippen molar-refractivity contribution in [3.05, 3.63) is 35.4 Å². The summed E-state index contributed by atoms with van der Waals surface area (Å²) in [5.41, 5.74) is 0.495. The number of ether oxygens (including phenoxy) is 1. The van der Waals surface area contributed by atoms with Gasteiger partial charge in [-0.3, -0.25) is 4.79 Å². The van der Waals surface area contributed by atoms with E-state index in [1.165, 1.54) is 19.2 Å². The van der Waals surface area contributed by atoms with Crippen LogP contribution in [-0.4, -0.2) is 26.2 Å². The molecular formula is C13H15F2NO2. The first-order chi connectivity index (χ1) is 8.61. The summed E-state index contributed by atoms with van der Waals surface area (Å²) < 4.78 is 31.2. The standard InChI is InChI=1S/C13H15F2NO2/c1-18-13(17)11-2-3-16-7-12(11)8-4-9(14)6-10(15)5-8/h4-6,11-12,16H,2-3,7H2,1H3/t11-,12+/m1/s1.